The van der Waals surface area contributed by atoms with Crippen LogP contribution in [0, 0.1) is 11.8 Å². The molecule has 1 amide bonds. The lowest BCUT2D eigenvalue weighted by molar-refractivity contribution is -0.114. The zero-order valence-electron chi connectivity index (χ0n) is 25.7. The van der Waals surface area contributed by atoms with Crippen LogP contribution < -0.4 is 31.2 Å². The van der Waals surface area contributed by atoms with E-state index in [-0.39, 0.29) is 17.7 Å². The Morgan fingerprint density at radius 3 is 1.63 bits per heavy atom. The van der Waals surface area contributed by atoms with Crippen molar-refractivity contribution in [3.05, 3.63) is 36.4 Å². The first kappa shape index (κ1) is 36.6. The number of nitrogens with two attached hydrogens (primary N) is 1. The van der Waals surface area contributed by atoms with Gasteiger partial charge >= 0.3 is 0 Å². The van der Waals surface area contributed by atoms with Crippen molar-refractivity contribution in [3.8, 4) is 11.5 Å². The Labute approximate surface area is 271 Å². The first-order valence-corrected chi connectivity index (χ1v) is 16.3. The molecule has 0 aromatic heterocycles. The highest BCUT2D eigenvalue weighted by Crippen LogP contribution is 2.33. The number of hydrogen-bond acceptors (Lipinski definition) is 7. The fourth-order valence-electron chi connectivity index (χ4n) is 5.18. The lowest BCUT2D eigenvalue weighted by atomic mass is 9.87. The number of nitrogens with one attached hydrogen (secondary N) is 3. The molecule has 11 heteroatoms. The predicted molar refractivity (Wildman–Crippen MR) is 181 cm³/mol. The Balaban J connectivity index is 0.000000264. The molecule has 0 unspecified atom stereocenters. The Bertz CT molecular complexity index is 1140. The first-order valence-electron chi connectivity index (χ1n) is 14.8. The summed E-state index contributed by atoms with van der Waals surface area (Å²) in [6.45, 7) is 4.64. The molecule has 4 rings (SSSR count). The van der Waals surface area contributed by atoms with Crippen molar-refractivity contribution >= 4 is 68.7 Å². The molecule has 2 aromatic carbocycles. The van der Waals surface area contributed by atoms with Gasteiger partial charge in [0.15, 0.2) is 0 Å². The van der Waals surface area contributed by atoms with Crippen molar-refractivity contribution in [3.63, 3.8) is 0 Å². The molecule has 0 spiro atoms. The molecule has 0 heterocycles. The monoisotopic (exact) mass is 656 g/mol. The van der Waals surface area contributed by atoms with Crippen LogP contribution in [0.4, 0.5) is 22.7 Å². The van der Waals surface area contributed by atoms with Gasteiger partial charge in [0.1, 0.15) is 17.4 Å². The van der Waals surface area contributed by atoms with Crippen molar-refractivity contribution in [2.24, 2.45) is 11.8 Å². The molecule has 2 aliphatic carbocycles. The molecule has 2 saturated carbocycles. The van der Waals surface area contributed by atoms with E-state index < -0.39 is 5.24 Å². The van der Waals surface area contributed by atoms with Crippen LogP contribution in [0.2, 0.25) is 0 Å². The van der Waals surface area contributed by atoms with E-state index in [0.29, 0.717) is 12.1 Å². The maximum atomic E-state index is 11.4. The second kappa shape index (κ2) is 19.7. The lowest BCUT2D eigenvalue weighted by Gasteiger charge is -2.28. The topological polar surface area (TPSA) is 115 Å². The van der Waals surface area contributed by atoms with E-state index >= 15 is 0 Å². The number of nitrogen functional groups attached to an aromatic ring is 1. The number of anilines is 4. The predicted octanol–water partition coefficient (Wildman–Crippen LogP) is 8.12. The summed E-state index contributed by atoms with van der Waals surface area (Å²) in [6, 6.07) is 12.3. The standard InChI is InChI=1S/C16H23ClN2O2.C14H22N2O.C2H2Cl2O/c1-11-3-5-12(6-4-11)18-14-9-13(19-16(20)10-17)7-8-15(14)21-2;1-10-3-6-12(7-4-10)16-13-9-11(15)5-8-14(13)17-2;3-1-2(4)5/h7-9,11-12,18H,3-6,10H2,1-2H3,(H,19,20);5,8-10,12,16H,3-4,6-7,15H2,1-2H3;1H2. The van der Waals surface area contributed by atoms with Crippen LogP contribution in [0.15, 0.2) is 36.4 Å². The molecular formula is C32H47Cl3N4O4. The molecule has 0 atom stereocenters. The van der Waals surface area contributed by atoms with Crippen molar-refractivity contribution in [1.82, 2.24) is 0 Å². The molecule has 2 fully saturated rings. The first-order chi connectivity index (χ1) is 20.6. The van der Waals surface area contributed by atoms with E-state index in [1.807, 2.05) is 36.4 Å². The summed E-state index contributed by atoms with van der Waals surface area (Å²) in [6.07, 6.45) is 9.93. The minimum Gasteiger partial charge on any atom is -0.495 e. The van der Waals surface area contributed by atoms with Gasteiger partial charge in [-0.25, -0.2) is 0 Å². The van der Waals surface area contributed by atoms with Gasteiger partial charge in [-0.05, 0) is 111 Å². The van der Waals surface area contributed by atoms with Gasteiger partial charge in [0, 0.05) is 23.5 Å². The van der Waals surface area contributed by atoms with Crippen molar-refractivity contribution in [2.45, 2.75) is 77.3 Å². The number of rotatable bonds is 9. The third-order valence-electron chi connectivity index (χ3n) is 7.68. The molecule has 2 aliphatic rings. The van der Waals surface area contributed by atoms with Gasteiger partial charge in [-0.15, -0.1) is 23.2 Å². The Kier molecular flexibility index (Phi) is 16.8. The van der Waals surface area contributed by atoms with Crippen LogP contribution in [0.5, 0.6) is 11.5 Å². The van der Waals surface area contributed by atoms with Crippen LogP contribution in [-0.4, -0.2) is 49.2 Å². The maximum Gasteiger partial charge on any atom is 0.239 e. The van der Waals surface area contributed by atoms with E-state index in [2.05, 4.69) is 29.8 Å². The van der Waals surface area contributed by atoms with Gasteiger partial charge in [-0.2, -0.15) is 0 Å². The number of carbonyl (C=O) groups excluding carboxylic acids is 2. The quantitative estimate of drug-likeness (QED) is 0.122. The van der Waals surface area contributed by atoms with E-state index in [1.54, 1.807) is 14.2 Å². The van der Waals surface area contributed by atoms with Crippen LogP contribution in [0.25, 0.3) is 0 Å². The minimum absolute atomic E-state index is 0.0463. The highest BCUT2D eigenvalue weighted by atomic mass is 35.5. The summed E-state index contributed by atoms with van der Waals surface area (Å²) < 4.78 is 10.7. The second-order valence-electron chi connectivity index (χ2n) is 11.2. The summed E-state index contributed by atoms with van der Waals surface area (Å²) in [5.41, 5.74) is 9.26. The Morgan fingerprint density at radius 1 is 0.767 bits per heavy atom. The van der Waals surface area contributed by atoms with Gasteiger partial charge in [-0.3, -0.25) is 9.59 Å². The SMILES string of the molecule is COc1ccc(N)cc1NC1CCC(C)CC1.COc1ccc(NC(=O)CCl)cc1NC1CCC(C)CC1.O=C(Cl)CCl. The number of hydrogen-bond donors (Lipinski definition) is 4. The van der Waals surface area contributed by atoms with Crippen molar-refractivity contribution < 1.29 is 19.1 Å². The summed E-state index contributed by atoms with van der Waals surface area (Å²) in [5, 5.41) is 9.35. The molecule has 0 aliphatic heterocycles. The highest BCUT2D eigenvalue weighted by molar-refractivity contribution is 6.67. The lowest BCUT2D eigenvalue weighted by Crippen LogP contribution is -2.25. The second-order valence-corrected chi connectivity index (χ2v) is 12.2. The zero-order valence-corrected chi connectivity index (χ0v) is 28.0. The third kappa shape index (κ3) is 13.7. The molecule has 2 aromatic rings. The number of alkyl halides is 2. The fourth-order valence-corrected chi connectivity index (χ4v) is 5.25. The zero-order chi connectivity index (χ0) is 31.8. The Morgan fingerprint density at radius 2 is 1.21 bits per heavy atom. The molecule has 43 heavy (non-hydrogen) atoms. The molecular weight excluding hydrogens is 611 g/mol. The van der Waals surface area contributed by atoms with Crippen molar-refractivity contribution in [2.75, 3.05) is 47.7 Å². The molecule has 0 radical (unpaired) electrons. The fraction of sp³-hybridized carbons (Fsp3) is 0.562. The molecule has 8 nitrogen and oxygen atoms in total. The summed E-state index contributed by atoms with van der Waals surface area (Å²) >= 11 is 15.1. The largest absolute Gasteiger partial charge is 0.495 e. The van der Waals surface area contributed by atoms with Crippen LogP contribution >= 0.6 is 34.8 Å². The average Bonchev–Trinajstić information content (AvgIpc) is 3.00. The van der Waals surface area contributed by atoms with Crippen LogP contribution in [0.3, 0.4) is 0 Å². The van der Waals surface area contributed by atoms with Gasteiger partial charge in [0.25, 0.3) is 0 Å². The van der Waals surface area contributed by atoms with E-state index in [0.717, 1.165) is 46.1 Å². The number of halogens is 3. The van der Waals surface area contributed by atoms with E-state index in [9.17, 15) is 9.59 Å². The van der Waals surface area contributed by atoms with Gasteiger partial charge < -0.3 is 31.2 Å². The molecule has 0 bridgehead atoms. The van der Waals surface area contributed by atoms with E-state index in [4.69, 9.17) is 50.0 Å². The highest BCUT2D eigenvalue weighted by Gasteiger charge is 2.20. The van der Waals surface area contributed by atoms with Crippen LogP contribution in [0.1, 0.15) is 65.2 Å². The number of methoxy groups -OCH3 is 2. The Hall–Kier alpha value is -2.55. The minimum atomic E-state index is -0.508. The molecule has 5 N–H and O–H groups in total. The summed E-state index contributed by atoms with van der Waals surface area (Å²) in [5.74, 6) is 3.00. The number of amides is 1. The normalized spacial score (nSPS) is 21.1. The van der Waals surface area contributed by atoms with Crippen LogP contribution in [-0.2, 0) is 9.59 Å². The number of benzene rings is 2. The van der Waals surface area contributed by atoms with Gasteiger partial charge in [-0.1, -0.05) is 13.8 Å². The van der Waals surface area contributed by atoms with Gasteiger partial charge in [0.2, 0.25) is 11.1 Å². The maximum absolute atomic E-state index is 11.4. The molecule has 0 saturated heterocycles. The van der Waals surface area contributed by atoms with Crippen molar-refractivity contribution in [1.29, 1.82) is 0 Å². The number of ether oxygens (including phenoxy) is 2. The molecule has 240 valence electrons. The smallest absolute Gasteiger partial charge is 0.239 e. The average molecular weight is 658 g/mol. The third-order valence-corrected chi connectivity index (χ3v) is 8.44. The van der Waals surface area contributed by atoms with E-state index in [1.165, 1.54) is 51.4 Å². The number of carbonyl (C=O) groups is 2. The van der Waals surface area contributed by atoms with Gasteiger partial charge in [0.05, 0.1) is 31.5 Å². The summed E-state index contributed by atoms with van der Waals surface area (Å²) in [4.78, 5) is 20.8. The summed E-state index contributed by atoms with van der Waals surface area (Å²) in [7, 11) is 3.35.